The zero-order chi connectivity index (χ0) is 15.4. The molecular weight excluding hydrogens is 282 g/mol. The Balaban J connectivity index is 2.28. The first kappa shape index (κ1) is 14.6. The van der Waals surface area contributed by atoms with Crippen LogP contribution in [0, 0.1) is 0 Å². The topological polar surface area (TPSA) is 84.6 Å². The van der Waals surface area contributed by atoms with Crippen molar-refractivity contribution in [3.05, 3.63) is 48.0 Å². The molecule has 0 fully saturated rings. The van der Waals surface area contributed by atoms with Gasteiger partial charge in [-0.2, -0.15) is 8.78 Å². The highest BCUT2D eigenvalue weighted by molar-refractivity contribution is 5.91. The first-order valence-electron chi connectivity index (χ1n) is 5.91. The fourth-order valence-electron chi connectivity index (χ4n) is 1.72. The lowest BCUT2D eigenvalue weighted by Gasteiger charge is -2.14. The van der Waals surface area contributed by atoms with Crippen LogP contribution in [0.25, 0.3) is 0 Å². The Morgan fingerprint density at radius 1 is 1.19 bits per heavy atom. The summed E-state index contributed by atoms with van der Waals surface area (Å²) in [4.78, 5) is 10.8. The Morgan fingerprint density at radius 2 is 1.90 bits per heavy atom. The lowest BCUT2D eigenvalue weighted by molar-refractivity contribution is -0.0493. The van der Waals surface area contributed by atoms with Crippen LogP contribution >= 0.6 is 0 Å². The summed E-state index contributed by atoms with van der Waals surface area (Å²) in [5.41, 5.74) is 6.66. The minimum absolute atomic E-state index is 0.0331. The zero-order valence-electron chi connectivity index (χ0n) is 10.7. The summed E-state index contributed by atoms with van der Waals surface area (Å²) in [5.74, 6) is -1.14. The molecule has 0 aromatic heterocycles. The van der Waals surface area contributed by atoms with E-state index in [0.717, 1.165) is 0 Å². The minimum Gasteiger partial charge on any atom is -0.478 e. The molecule has 21 heavy (non-hydrogen) atoms. The molecule has 0 aliphatic carbocycles. The van der Waals surface area contributed by atoms with E-state index in [1.807, 2.05) is 0 Å². The number of carboxylic acids is 1. The van der Waals surface area contributed by atoms with Gasteiger partial charge in [0.05, 0.1) is 22.6 Å². The Kier molecular flexibility index (Phi) is 4.22. The van der Waals surface area contributed by atoms with E-state index in [1.54, 1.807) is 18.2 Å². The molecule has 2 aromatic carbocycles. The van der Waals surface area contributed by atoms with Crippen molar-refractivity contribution in [2.75, 3.05) is 11.1 Å². The van der Waals surface area contributed by atoms with Crippen LogP contribution in [0.3, 0.4) is 0 Å². The molecule has 0 spiro atoms. The molecule has 0 heterocycles. The Labute approximate surface area is 119 Å². The standard InChI is InChI=1S/C14H12F2N2O3/c15-14(16)21-12-4-2-1-3-11(12)18-10-6-5-8(13(19)20)7-9(10)17/h1-7,14,18H,17H2,(H,19,20). The van der Waals surface area contributed by atoms with Gasteiger partial charge in [-0.25, -0.2) is 4.79 Å². The van der Waals surface area contributed by atoms with Crippen molar-refractivity contribution < 1.29 is 23.4 Å². The molecule has 0 aliphatic heterocycles. The van der Waals surface area contributed by atoms with Crippen LogP contribution in [-0.2, 0) is 0 Å². The van der Waals surface area contributed by atoms with E-state index >= 15 is 0 Å². The average Bonchev–Trinajstić information content (AvgIpc) is 2.42. The normalized spacial score (nSPS) is 10.4. The first-order valence-corrected chi connectivity index (χ1v) is 5.91. The molecule has 7 heteroatoms. The van der Waals surface area contributed by atoms with Crippen LogP contribution in [0.1, 0.15) is 10.4 Å². The van der Waals surface area contributed by atoms with E-state index < -0.39 is 12.6 Å². The van der Waals surface area contributed by atoms with Crippen molar-refractivity contribution in [3.63, 3.8) is 0 Å². The van der Waals surface area contributed by atoms with Gasteiger partial charge in [0, 0.05) is 0 Å². The maximum atomic E-state index is 12.3. The summed E-state index contributed by atoms with van der Waals surface area (Å²) < 4.78 is 29.0. The number of nitrogens with one attached hydrogen (secondary N) is 1. The predicted molar refractivity (Wildman–Crippen MR) is 74.2 cm³/mol. The number of hydrogen-bond donors (Lipinski definition) is 3. The molecular formula is C14H12F2N2O3. The summed E-state index contributed by atoms with van der Waals surface area (Å²) in [5, 5.41) is 11.7. The fraction of sp³-hybridized carbons (Fsp3) is 0.0714. The number of ether oxygens (including phenoxy) is 1. The average molecular weight is 294 g/mol. The number of aromatic carboxylic acids is 1. The van der Waals surface area contributed by atoms with Crippen LogP contribution in [0.4, 0.5) is 25.8 Å². The number of alkyl halides is 2. The molecule has 0 atom stereocenters. The molecule has 0 radical (unpaired) electrons. The van der Waals surface area contributed by atoms with Gasteiger partial charge in [-0.15, -0.1) is 0 Å². The third-order valence-electron chi connectivity index (χ3n) is 2.67. The smallest absolute Gasteiger partial charge is 0.387 e. The third-order valence-corrected chi connectivity index (χ3v) is 2.67. The van der Waals surface area contributed by atoms with Gasteiger partial charge in [-0.3, -0.25) is 0 Å². The van der Waals surface area contributed by atoms with E-state index in [4.69, 9.17) is 10.8 Å². The van der Waals surface area contributed by atoms with E-state index in [0.29, 0.717) is 11.4 Å². The Hall–Kier alpha value is -2.83. The van der Waals surface area contributed by atoms with Crippen LogP contribution in [0.2, 0.25) is 0 Å². The van der Waals surface area contributed by atoms with Gasteiger partial charge in [0.15, 0.2) is 0 Å². The highest BCUT2D eigenvalue weighted by Crippen LogP contribution is 2.31. The number of carboxylic acid groups (broad SMARTS) is 1. The van der Waals surface area contributed by atoms with E-state index in [-0.39, 0.29) is 17.0 Å². The summed E-state index contributed by atoms with van der Waals surface area (Å²) in [6.07, 6.45) is 0. The number of carbonyl (C=O) groups is 1. The second-order valence-electron chi connectivity index (χ2n) is 4.11. The highest BCUT2D eigenvalue weighted by Gasteiger charge is 2.11. The third kappa shape index (κ3) is 3.59. The van der Waals surface area contributed by atoms with Crippen molar-refractivity contribution in [2.24, 2.45) is 0 Å². The second kappa shape index (κ2) is 6.08. The summed E-state index contributed by atoms with van der Waals surface area (Å²) in [7, 11) is 0. The molecule has 2 aromatic rings. The van der Waals surface area contributed by atoms with Gasteiger partial charge >= 0.3 is 12.6 Å². The van der Waals surface area contributed by atoms with Crippen LogP contribution in [0.15, 0.2) is 42.5 Å². The van der Waals surface area contributed by atoms with E-state index in [2.05, 4.69) is 10.1 Å². The molecule has 0 saturated heterocycles. The van der Waals surface area contributed by atoms with Crippen molar-refractivity contribution in [1.82, 2.24) is 0 Å². The quantitative estimate of drug-likeness (QED) is 0.737. The van der Waals surface area contributed by atoms with Gasteiger partial charge in [-0.05, 0) is 30.3 Å². The molecule has 0 aliphatic rings. The molecule has 0 bridgehead atoms. The van der Waals surface area contributed by atoms with Gasteiger partial charge < -0.3 is 20.9 Å². The second-order valence-corrected chi connectivity index (χ2v) is 4.11. The highest BCUT2D eigenvalue weighted by atomic mass is 19.3. The summed E-state index contributed by atoms with van der Waals surface area (Å²) in [6, 6.07) is 10.2. The molecule has 110 valence electrons. The van der Waals surface area contributed by atoms with Gasteiger partial charge in [0.2, 0.25) is 0 Å². The monoisotopic (exact) mass is 294 g/mol. The minimum atomic E-state index is -2.94. The number of nitrogens with two attached hydrogens (primary N) is 1. The van der Waals surface area contributed by atoms with Crippen molar-refractivity contribution in [2.45, 2.75) is 6.61 Å². The van der Waals surface area contributed by atoms with Gasteiger partial charge in [0.25, 0.3) is 0 Å². The number of para-hydroxylation sites is 2. The number of rotatable bonds is 5. The van der Waals surface area contributed by atoms with Gasteiger partial charge in [-0.1, -0.05) is 12.1 Å². The number of anilines is 3. The zero-order valence-corrected chi connectivity index (χ0v) is 10.7. The summed E-state index contributed by atoms with van der Waals surface area (Å²) in [6.45, 7) is -2.94. The summed E-state index contributed by atoms with van der Waals surface area (Å²) >= 11 is 0. The van der Waals surface area contributed by atoms with Crippen molar-refractivity contribution in [3.8, 4) is 5.75 Å². The molecule has 0 amide bonds. The molecule has 2 rings (SSSR count). The number of benzene rings is 2. The lowest BCUT2D eigenvalue weighted by Crippen LogP contribution is -2.05. The van der Waals surface area contributed by atoms with Crippen LogP contribution in [0.5, 0.6) is 5.75 Å². The Bertz CT molecular complexity index is 662. The molecule has 0 unspecified atom stereocenters. The predicted octanol–water partition coefficient (Wildman–Crippen LogP) is 3.31. The Morgan fingerprint density at radius 3 is 2.52 bits per heavy atom. The number of hydrogen-bond acceptors (Lipinski definition) is 4. The largest absolute Gasteiger partial charge is 0.478 e. The maximum Gasteiger partial charge on any atom is 0.387 e. The number of halogens is 2. The molecule has 0 saturated carbocycles. The van der Waals surface area contributed by atoms with Crippen LogP contribution in [-0.4, -0.2) is 17.7 Å². The molecule has 5 nitrogen and oxygen atoms in total. The lowest BCUT2D eigenvalue weighted by atomic mass is 10.1. The van der Waals surface area contributed by atoms with E-state index in [1.165, 1.54) is 24.3 Å². The fourth-order valence-corrected chi connectivity index (χ4v) is 1.72. The molecule has 4 N–H and O–H groups in total. The maximum absolute atomic E-state index is 12.3. The van der Waals surface area contributed by atoms with Crippen molar-refractivity contribution in [1.29, 1.82) is 0 Å². The van der Waals surface area contributed by atoms with E-state index in [9.17, 15) is 13.6 Å². The number of nitrogen functional groups attached to an aromatic ring is 1. The van der Waals surface area contributed by atoms with Gasteiger partial charge in [0.1, 0.15) is 5.75 Å². The first-order chi connectivity index (χ1) is 9.97. The van der Waals surface area contributed by atoms with Crippen molar-refractivity contribution >= 4 is 23.0 Å². The van der Waals surface area contributed by atoms with Crippen LogP contribution < -0.4 is 15.8 Å². The SMILES string of the molecule is Nc1cc(C(=O)O)ccc1Nc1ccccc1OC(F)F.